The lowest BCUT2D eigenvalue weighted by Crippen LogP contribution is -2.40. The Labute approximate surface area is 238 Å². The van der Waals surface area contributed by atoms with Crippen LogP contribution in [0.1, 0.15) is 46.9 Å². The number of benzene rings is 3. The monoisotopic (exact) mass is 546 g/mol. The fourth-order valence-corrected chi connectivity index (χ4v) is 4.62. The van der Waals surface area contributed by atoms with Crippen LogP contribution in [0.25, 0.3) is 10.8 Å². The number of pyridine rings is 1. The standard InChI is InChI=1S/C33H30N4O4/c1-2-41-29-14-8-19-34-28(29)13-7-20-35-31(39)32(40)36-22-25-11-5-6-12-27(25)30(38)37-33(17-18-33)26-16-15-23-9-3-4-10-24(23)21-26/h3-6,8-12,14-16,19,21H,2,17-18,20,22H2,1H3,(H,35,39)(H,36,40)(H,37,38). The maximum Gasteiger partial charge on any atom is 0.310 e. The summed E-state index contributed by atoms with van der Waals surface area (Å²) in [5.74, 6) is 4.31. The maximum absolute atomic E-state index is 13.4. The summed E-state index contributed by atoms with van der Waals surface area (Å²) in [7, 11) is 0. The number of nitrogens with zero attached hydrogens (tertiary/aromatic N) is 1. The summed E-state index contributed by atoms with van der Waals surface area (Å²) < 4.78 is 5.48. The minimum absolute atomic E-state index is 0.0240. The van der Waals surface area contributed by atoms with E-state index in [9.17, 15) is 14.4 Å². The van der Waals surface area contributed by atoms with Crippen LogP contribution in [0.5, 0.6) is 5.75 Å². The highest BCUT2D eigenvalue weighted by atomic mass is 16.5. The van der Waals surface area contributed by atoms with Crippen LogP contribution in [0.15, 0.2) is 85.1 Å². The molecule has 4 aromatic rings. The number of carbonyl (C=O) groups is 3. The lowest BCUT2D eigenvalue weighted by Gasteiger charge is -2.20. The number of nitrogens with one attached hydrogen (secondary N) is 3. The summed E-state index contributed by atoms with van der Waals surface area (Å²) in [6.45, 7) is 2.33. The topological polar surface area (TPSA) is 109 Å². The van der Waals surface area contributed by atoms with Gasteiger partial charge >= 0.3 is 11.8 Å². The molecule has 3 aromatic carbocycles. The van der Waals surface area contributed by atoms with Gasteiger partial charge in [-0.2, -0.15) is 0 Å². The molecule has 1 saturated carbocycles. The van der Waals surface area contributed by atoms with Crippen molar-refractivity contribution in [2.75, 3.05) is 13.2 Å². The van der Waals surface area contributed by atoms with Crippen molar-refractivity contribution in [3.05, 3.63) is 107 Å². The first-order valence-electron chi connectivity index (χ1n) is 13.5. The van der Waals surface area contributed by atoms with Crippen molar-refractivity contribution in [1.29, 1.82) is 0 Å². The van der Waals surface area contributed by atoms with Gasteiger partial charge in [0.1, 0.15) is 0 Å². The van der Waals surface area contributed by atoms with Crippen molar-refractivity contribution in [2.24, 2.45) is 0 Å². The molecule has 0 aliphatic heterocycles. The Bertz CT molecular complexity index is 1670. The first-order valence-corrected chi connectivity index (χ1v) is 13.5. The van der Waals surface area contributed by atoms with Crippen molar-refractivity contribution in [2.45, 2.75) is 31.8 Å². The molecule has 1 aromatic heterocycles. The molecule has 0 saturated heterocycles. The first-order chi connectivity index (χ1) is 20.0. The second-order valence-corrected chi connectivity index (χ2v) is 9.71. The van der Waals surface area contributed by atoms with Crippen LogP contribution in [0, 0.1) is 11.8 Å². The smallest absolute Gasteiger partial charge is 0.310 e. The van der Waals surface area contributed by atoms with Gasteiger partial charge in [-0.05, 0) is 71.9 Å². The maximum atomic E-state index is 13.4. The molecular formula is C33H30N4O4. The Balaban J connectivity index is 1.17. The SMILES string of the molecule is CCOc1cccnc1C#CCNC(=O)C(=O)NCc1ccccc1C(=O)NC1(c2ccc3ccccc3c2)CC1. The van der Waals surface area contributed by atoms with Crippen molar-refractivity contribution in [3.63, 3.8) is 0 Å². The van der Waals surface area contributed by atoms with Crippen LogP contribution in [0.2, 0.25) is 0 Å². The Kier molecular flexibility index (Phi) is 8.26. The summed E-state index contributed by atoms with van der Waals surface area (Å²) in [6.07, 6.45) is 3.31. The molecule has 0 radical (unpaired) electrons. The van der Waals surface area contributed by atoms with Crippen molar-refractivity contribution < 1.29 is 19.1 Å². The van der Waals surface area contributed by atoms with Gasteiger partial charge in [0.05, 0.1) is 18.7 Å². The number of aromatic nitrogens is 1. The van der Waals surface area contributed by atoms with E-state index in [-0.39, 0.29) is 19.0 Å². The molecule has 3 amide bonds. The molecule has 1 aliphatic carbocycles. The fourth-order valence-electron chi connectivity index (χ4n) is 4.62. The zero-order chi connectivity index (χ0) is 28.7. The quantitative estimate of drug-likeness (QED) is 0.230. The molecule has 0 atom stereocenters. The molecule has 8 nitrogen and oxygen atoms in total. The minimum Gasteiger partial charge on any atom is -0.491 e. The van der Waals surface area contributed by atoms with E-state index in [2.05, 4.69) is 63.1 Å². The summed E-state index contributed by atoms with van der Waals surface area (Å²) in [6, 6.07) is 25.0. The van der Waals surface area contributed by atoms with E-state index < -0.39 is 17.4 Å². The first kappa shape index (κ1) is 27.4. The summed E-state index contributed by atoms with van der Waals surface area (Å²) in [5, 5.41) is 10.6. The van der Waals surface area contributed by atoms with Crippen LogP contribution >= 0.6 is 0 Å². The van der Waals surface area contributed by atoms with Gasteiger partial charge in [-0.25, -0.2) is 4.98 Å². The zero-order valence-electron chi connectivity index (χ0n) is 22.7. The zero-order valence-corrected chi connectivity index (χ0v) is 22.7. The molecule has 0 bridgehead atoms. The molecule has 41 heavy (non-hydrogen) atoms. The number of ether oxygens (including phenoxy) is 1. The summed E-state index contributed by atoms with van der Waals surface area (Å²) in [5.41, 5.74) is 2.19. The van der Waals surface area contributed by atoms with E-state index in [4.69, 9.17) is 4.74 Å². The van der Waals surface area contributed by atoms with Gasteiger partial charge in [0, 0.05) is 18.3 Å². The Morgan fingerprint density at radius 1 is 0.902 bits per heavy atom. The van der Waals surface area contributed by atoms with Crippen LogP contribution in [0.3, 0.4) is 0 Å². The number of hydrogen-bond acceptors (Lipinski definition) is 5. The molecule has 0 unspecified atom stereocenters. The third-order valence-electron chi connectivity index (χ3n) is 6.93. The molecule has 206 valence electrons. The van der Waals surface area contributed by atoms with E-state index in [1.54, 1.807) is 42.6 Å². The average molecular weight is 547 g/mol. The number of rotatable bonds is 8. The molecule has 1 aliphatic rings. The van der Waals surface area contributed by atoms with E-state index >= 15 is 0 Å². The highest BCUT2D eigenvalue weighted by molar-refractivity contribution is 6.35. The van der Waals surface area contributed by atoms with E-state index in [1.165, 1.54) is 0 Å². The summed E-state index contributed by atoms with van der Waals surface area (Å²) in [4.78, 5) is 42.3. The molecule has 1 heterocycles. The molecular weight excluding hydrogens is 516 g/mol. The molecule has 1 fully saturated rings. The minimum atomic E-state index is -0.819. The third-order valence-corrected chi connectivity index (χ3v) is 6.93. The Hall–Kier alpha value is -5.16. The Morgan fingerprint density at radius 2 is 1.66 bits per heavy atom. The van der Waals surface area contributed by atoms with Gasteiger partial charge < -0.3 is 20.7 Å². The van der Waals surface area contributed by atoms with Gasteiger partial charge in [0.2, 0.25) is 0 Å². The third kappa shape index (κ3) is 6.53. The fraction of sp³-hybridized carbons (Fsp3) is 0.212. The van der Waals surface area contributed by atoms with Gasteiger partial charge in [-0.1, -0.05) is 60.5 Å². The Morgan fingerprint density at radius 3 is 2.46 bits per heavy atom. The van der Waals surface area contributed by atoms with E-state index in [1.807, 2.05) is 19.1 Å². The van der Waals surface area contributed by atoms with E-state index in [0.717, 1.165) is 29.2 Å². The highest BCUT2D eigenvalue weighted by Crippen LogP contribution is 2.46. The van der Waals surface area contributed by atoms with Crippen LogP contribution in [0.4, 0.5) is 0 Å². The number of carbonyl (C=O) groups excluding carboxylic acids is 3. The second kappa shape index (κ2) is 12.3. The van der Waals surface area contributed by atoms with Crippen LogP contribution in [-0.2, 0) is 21.7 Å². The van der Waals surface area contributed by atoms with Gasteiger partial charge in [-0.15, -0.1) is 0 Å². The number of amides is 3. The second-order valence-electron chi connectivity index (χ2n) is 9.71. The predicted molar refractivity (Wildman–Crippen MR) is 156 cm³/mol. The lowest BCUT2D eigenvalue weighted by molar-refractivity contribution is -0.139. The van der Waals surface area contributed by atoms with Gasteiger partial charge in [-0.3, -0.25) is 14.4 Å². The van der Waals surface area contributed by atoms with Crippen LogP contribution < -0.4 is 20.7 Å². The molecule has 0 spiro atoms. The molecule has 8 heteroatoms. The van der Waals surface area contributed by atoms with Gasteiger partial charge in [0.25, 0.3) is 5.91 Å². The highest BCUT2D eigenvalue weighted by Gasteiger charge is 2.46. The number of fused-ring (bicyclic) bond motifs is 1. The largest absolute Gasteiger partial charge is 0.491 e. The lowest BCUT2D eigenvalue weighted by atomic mass is 9.99. The van der Waals surface area contributed by atoms with E-state index in [0.29, 0.717) is 29.2 Å². The normalized spacial score (nSPS) is 12.9. The average Bonchev–Trinajstić information content (AvgIpc) is 3.79. The van der Waals surface area contributed by atoms with Crippen molar-refractivity contribution in [1.82, 2.24) is 20.9 Å². The summed E-state index contributed by atoms with van der Waals surface area (Å²) >= 11 is 0. The van der Waals surface area contributed by atoms with Crippen LogP contribution in [-0.4, -0.2) is 35.9 Å². The van der Waals surface area contributed by atoms with Crippen molar-refractivity contribution in [3.8, 4) is 17.6 Å². The molecule has 3 N–H and O–H groups in total. The molecule has 5 rings (SSSR count). The van der Waals surface area contributed by atoms with Crippen molar-refractivity contribution >= 4 is 28.5 Å². The number of hydrogen-bond donors (Lipinski definition) is 3. The van der Waals surface area contributed by atoms with Gasteiger partial charge in [0.15, 0.2) is 11.4 Å². The predicted octanol–water partition coefficient (Wildman–Crippen LogP) is 3.84.